The van der Waals surface area contributed by atoms with E-state index >= 15 is 0 Å². The monoisotopic (exact) mass is 538 g/mol. The molecule has 0 aromatic heterocycles. The maximum Gasteiger partial charge on any atom is 0.410 e. The van der Waals surface area contributed by atoms with Crippen LogP contribution in [-0.2, 0) is 33.3 Å². The number of hydrogen-bond acceptors (Lipinski definition) is 9. The summed E-state index contributed by atoms with van der Waals surface area (Å²) in [6.07, 6.45) is 3.24. The first-order valence-corrected chi connectivity index (χ1v) is 13.6. The number of carbonyl (C=O) groups is 3. The Labute approximate surface area is 224 Å². The van der Waals surface area contributed by atoms with Gasteiger partial charge in [-0.2, -0.15) is 0 Å². The minimum absolute atomic E-state index is 0.0165. The Balaban J connectivity index is 1.25. The molecule has 4 aliphatic rings. The lowest BCUT2D eigenvalue weighted by molar-refractivity contribution is -0.148. The molecule has 0 radical (unpaired) electrons. The van der Waals surface area contributed by atoms with Crippen LogP contribution in [0, 0.1) is 5.92 Å². The van der Waals surface area contributed by atoms with E-state index in [0.717, 1.165) is 12.8 Å². The number of nitrogens with zero attached hydrogens (tertiary/aromatic N) is 2. The Hall–Kier alpha value is -2.21. The van der Waals surface area contributed by atoms with Crippen molar-refractivity contribution in [3.8, 4) is 0 Å². The van der Waals surface area contributed by atoms with Gasteiger partial charge >= 0.3 is 18.0 Å². The number of methoxy groups -OCH3 is 1. The fourth-order valence-corrected chi connectivity index (χ4v) is 6.00. The third-order valence-corrected chi connectivity index (χ3v) is 8.33. The summed E-state index contributed by atoms with van der Waals surface area (Å²) >= 11 is 0. The first-order valence-electron chi connectivity index (χ1n) is 13.6. The van der Waals surface area contributed by atoms with Crippen molar-refractivity contribution in [2.24, 2.45) is 5.92 Å². The van der Waals surface area contributed by atoms with E-state index in [1.54, 1.807) is 12.0 Å². The SMILES string of the molecule is CO[C@@H]1[C@H](OC(=O)N2CCN(CCOC(=O)CCC(=O)O)CC2)CC[C@]2(CO2)[C@H]1[C@]1(C)O[C@@H]1CC=C(C)C. The first-order chi connectivity index (χ1) is 18.1. The fourth-order valence-electron chi connectivity index (χ4n) is 6.00. The van der Waals surface area contributed by atoms with E-state index in [2.05, 4.69) is 31.7 Å². The number of carboxylic acids is 1. The van der Waals surface area contributed by atoms with Crippen molar-refractivity contribution in [2.45, 2.75) is 82.4 Å². The number of allylic oxidation sites excluding steroid dienone is 1. The Bertz CT molecular complexity index is 908. The second-order valence-corrected chi connectivity index (χ2v) is 11.2. The maximum atomic E-state index is 13.1. The number of ether oxygens (including phenoxy) is 5. The number of aliphatic carboxylic acids is 1. The molecular formula is C27H42N2O9. The lowest BCUT2D eigenvalue weighted by atomic mass is 9.68. The van der Waals surface area contributed by atoms with Gasteiger partial charge in [0.2, 0.25) is 0 Å². The van der Waals surface area contributed by atoms with E-state index in [1.165, 1.54) is 5.57 Å². The van der Waals surface area contributed by atoms with Gasteiger partial charge in [-0.25, -0.2) is 4.79 Å². The second-order valence-electron chi connectivity index (χ2n) is 11.2. The van der Waals surface area contributed by atoms with E-state index in [9.17, 15) is 14.4 Å². The highest BCUT2D eigenvalue weighted by atomic mass is 16.6. The quantitative estimate of drug-likeness (QED) is 0.237. The van der Waals surface area contributed by atoms with Gasteiger partial charge in [-0.1, -0.05) is 11.6 Å². The molecule has 11 nitrogen and oxygen atoms in total. The number of epoxide rings is 2. The third-order valence-electron chi connectivity index (χ3n) is 8.33. The highest BCUT2D eigenvalue weighted by molar-refractivity contribution is 5.76. The van der Waals surface area contributed by atoms with Crippen LogP contribution in [0.2, 0.25) is 0 Å². The van der Waals surface area contributed by atoms with E-state index in [1.807, 2.05) is 0 Å². The summed E-state index contributed by atoms with van der Waals surface area (Å²) in [5.41, 5.74) is 0.619. The van der Waals surface area contributed by atoms with Crippen molar-refractivity contribution in [3.63, 3.8) is 0 Å². The van der Waals surface area contributed by atoms with Crippen molar-refractivity contribution >= 4 is 18.0 Å². The number of amides is 1. The Morgan fingerprint density at radius 3 is 2.45 bits per heavy atom. The number of hydrogen-bond donors (Lipinski definition) is 1. The largest absolute Gasteiger partial charge is 0.481 e. The van der Waals surface area contributed by atoms with Crippen LogP contribution in [0.4, 0.5) is 4.79 Å². The highest BCUT2D eigenvalue weighted by Gasteiger charge is 2.72. The predicted octanol–water partition coefficient (Wildman–Crippen LogP) is 2.23. The molecule has 3 heterocycles. The zero-order valence-corrected chi connectivity index (χ0v) is 23.0. The van der Waals surface area contributed by atoms with Gasteiger partial charge in [0.15, 0.2) is 0 Å². The minimum atomic E-state index is -1.02. The van der Waals surface area contributed by atoms with Gasteiger partial charge in [0, 0.05) is 39.8 Å². The average Bonchev–Trinajstić information content (AvgIpc) is 3.79. The van der Waals surface area contributed by atoms with Crippen LogP contribution in [0.25, 0.3) is 0 Å². The summed E-state index contributed by atoms with van der Waals surface area (Å²) in [5.74, 6) is -1.55. The molecule has 1 spiro atoms. The Morgan fingerprint density at radius 1 is 1.13 bits per heavy atom. The molecule has 6 atom stereocenters. The molecule has 0 aromatic rings. The van der Waals surface area contributed by atoms with E-state index in [4.69, 9.17) is 28.8 Å². The number of rotatable bonds is 11. The molecule has 0 aromatic carbocycles. The molecule has 1 aliphatic carbocycles. The summed E-state index contributed by atoms with van der Waals surface area (Å²) in [6.45, 7) is 10.0. The fraction of sp³-hybridized carbons (Fsp3) is 0.815. The molecule has 38 heavy (non-hydrogen) atoms. The van der Waals surface area contributed by atoms with E-state index < -0.39 is 11.9 Å². The molecule has 3 aliphatic heterocycles. The van der Waals surface area contributed by atoms with E-state index in [0.29, 0.717) is 45.8 Å². The molecule has 1 N–H and O–H groups in total. The van der Waals surface area contributed by atoms with Crippen LogP contribution in [0.3, 0.4) is 0 Å². The number of carbonyl (C=O) groups excluding carboxylic acids is 2. The molecule has 0 unspecified atom stereocenters. The molecule has 214 valence electrons. The average molecular weight is 539 g/mol. The maximum absolute atomic E-state index is 13.1. The zero-order valence-electron chi connectivity index (χ0n) is 23.0. The van der Waals surface area contributed by atoms with Gasteiger partial charge < -0.3 is 33.7 Å². The van der Waals surface area contributed by atoms with Gasteiger partial charge in [0.1, 0.15) is 30.0 Å². The Kier molecular flexibility index (Phi) is 9.01. The molecule has 3 saturated heterocycles. The molecule has 4 fully saturated rings. The van der Waals surface area contributed by atoms with Gasteiger partial charge in [0.05, 0.1) is 31.5 Å². The summed E-state index contributed by atoms with van der Waals surface area (Å²) in [4.78, 5) is 39.0. The summed E-state index contributed by atoms with van der Waals surface area (Å²) in [5, 5.41) is 8.64. The molecule has 1 saturated carbocycles. The summed E-state index contributed by atoms with van der Waals surface area (Å²) in [7, 11) is 1.67. The van der Waals surface area contributed by atoms with Gasteiger partial charge in [-0.05, 0) is 40.0 Å². The molecule has 0 bridgehead atoms. The van der Waals surface area contributed by atoms with Crippen LogP contribution >= 0.6 is 0 Å². The van der Waals surface area contributed by atoms with Crippen LogP contribution in [0.15, 0.2) is 11.6 Å². The number of piperazine rings is 1. The first kappa shape index (κ1) is 28.8. The van der Waals surface area contributed by atoms with Crippen molar-refractivity contribution in [1.29, 1.82) is 0 Å². The standard InChI is InChI=1S/C27H42N2O9/c1-18(2)5-6-20-26(3,38-20)24-23(34-4)19(9-10-27(24)17-36-27)37-25(33)29-13-11-28(12-14-29)15-16-35-22(32)8-7-21(30)31/h5,19-20,23-24H,6-17H2,1-4H3,(H,30,31)/t19-,20-,23-,24-,26-,27+/m1/s1. The second kappa shape index (κ2) is 11.9. The number of carboxylic acid groups (broad SMARTS) is 1. The molecule has 4 rings (SSSR count). The Morgan fingerprint density at radius 2 is 1.84 bits per heavy atom. The van der Waals surface area contributed by atoms with Gasteiger partial charge in [0.25, 0.3) is 0 Å². The normalized spacial score (nSPS) is 34.5. The zero-order chi connectivity index (χ0) is 27.5. The van der Waals surface area contributed by atoms with Crippen molar-refractivity contribution in [3.05, 3.63) is 11.6 Å². The van der Waals surface area contributed by atoms with Gasteiger partial charge in [-0.15, -0.1) is 0 Å². The topological polar surface area (TPSA) is 131 Å². The van der Waals surface area contributed by atoms with Crippen molar-refractivity contribution < 1.29 is 43.2 Å². The lowest BCUT2D eigenvalue weighted by Crippen LogP contribution is -2.57. The smallest absolute Gasteiger partial charge is 0.410 e. The van der Waals surface area contributed by atoms with Crippen molar-refractivity contribution in [2.75, 3.05) is 53.0 Å². The predicted molar refractivity (Wildman–Crippen MR) is 136 cm³/mol. The summed E-state index contributed by atoms with van der Waals surface area (Å²) < 4.78 is 29.3. The van der Waals surface area contributed by atoms with E-state index in [-0.39, 0.29) is 61.0 Å². The molecular weight excluding hydrogens is 496 g/mol. The van der Waals surface area contributed by atoms with Crippen LogP contribution < -0.4 is 0 Å². The number of esters is 1. The molecule has 11 heteroatoms. The van der Waals surface area contributed by atoms with Crippen LogP contribution in [-0.4, -0.2) is 115 Å². The highest BCUT2D eigenvalue weighted by Crippen LogP contribution is 2.59. The lowest BCUT2D eigenvalue weighted by Gasteiger charge is -2.43. The minimum Gasteiger partial charge on any atom is -0.481 e. The van der Waals surface area contributed by atoms with Crippen molar-refractivity contribution in [1.82, 2.24) is 9.80 Å². The van der Waals surface area contributed by atoms with Crippen LogP contribution in [0.5, 0.6) is 0 Å². The van der Waals surface area contributed by atoms with Crippen LogP contribution in [0.1, 0.15) is 52.9 Å². The third kappa shape index (κ3) is 6.67. The summed E-state index contributed by atoms with van der Waals surface area (Å²) in [6, 6.07) is 0. The molecule has 1 amide bonds. The van der Waals surface area contributed by atoms with Gasteiger partial charge in [-0.3, -0.25) is 14.5 Å².